The van der Waals surface area contributed by atoms with Gasteiger partial charge >= 0.3 is 5.97 Å². The van der Waals surface area contributed by atoms with Crippen molar-refractivity contribution in [3.8, 4) is 6.07 Å². The van der Waals surface area contributed by atoms with Crippen LogP contribution in [0.2, 0.25) is 0 Å². The molecule has 0 aromatic carbocycles. The van der Waals surface area contributed by atoms with Crippen molar-refractivity contribution in [2.24, 2.45) is 7.05 Å². The lowest BCUT2D eigenvalue weighted by Crippen LogP contribution is -2.08. The van der Waals surface area contributed by atoms with E-state index in [-0.39, 0.29) is 11.5 Å². The molecule has 0 aliphatic heterocycles. The molecule has 0 fully saturated rings. The van der Waals surface area contributed by atoms with E-state index in [1.807, 2.05) is 38.5 Å². The molecular formula is C17H18N4O2. The van der Waals surface area contributed by atoms with E-state index in [1.165, 1.54) is 6.20 Å². The molecule has 2 heterocycles. The molecule has 0 saturated heterocycles. The molecule has 6 nitrogen and oxygen atoms in total. The van der Waals surface area contributed by atoms with E-state index >= 15 is 0 Å². The third kappa shape index (κ3) is 3.29. The molecule has 2 rings (SSSR count). The van der Waals surface area contributed by atoms with Gasteiger partial charge in [0.1, 0.15) is 11.8 Å². The lowest BCUT2D eigenvalue weighted by molar-refractivity contribution is 0.0694. The third-order valence-corrected chi connectivity index (χ3v) is 3.72. The number of carbonyl (C=O) groups is 1. The highest BCUT2D eigenvalue weighted by molar-refractivity contribution is 5.88. The minimum absolute atomic E-state index is 0.0140. The Hall–Kier alpha value is -2.94. The summed E-state index contributed by atoms with van der Waals surface area (Å²) in [6.07, 6.45) is 4.89. The number of carboxylic acids is 1. The van der Waals surface area contributed by atoms with Gasteiger partial charge in [-0.1, -0.05) is 13.8 Å². The number of nitrogens with zero attached hydrogens (tertiary/aromatic N) is 4. The van der Waals surface area contributed by atoms with Gasteiger partial charge in [-0.25, -0.2) is 14.8 Å². The standard InChI is InChI=1S/C17H18N4O2/c1-10(2)16-14(17(22)23)9-19-15(20-16)6-5-12-7-13(8-18)21(4)11(12)3/h5-7,9-10H,1-4H3,(H,22,23)/b6-5+. The smallest absolute Gasteiger partial charge is 0.339 e. The molecule has 0 unspecified atom stereocenters. The van der Waals surface area contributed by atoms with Crippen LogP contribution in [0.5, 0.6) is 0 Å². The quantitative estimate of drug-likeness (QED) is 0.937. The monoisotopic (exact) mass is 310 g/mol. The molecule has 23 heavy (non-hydrogen) atoms. The van der Waals surface area contributed by atoms with Crippen LogP contribution >= 0.6 is 0 Å². The average molecular weight is 310 g/mol. The summed E-state index contributed by atoms with van der Waals surface area (Å²) in [4.78, 5) is 19.6. The van der Waals surface area contributed by atoms with E-state index in [0.717, 1.165) is 11.3 Å². The molecule has 0 spiro atoms. The second-order valence-corrected chi connectivity index (χ2v) is 5.56. The van der Waals surface area contributed by atoms with E-state index in [9.17, 15) is 9.90 Å². The highest BCUT2D eigenvalue weighted by Crippen LogP contribution is 2.19. The zero-order valence-corrected chi connectivity index (χ0v) is 13.5. The molecular weight excluding hydrogens is 292 g/mol. The average Bonchev–Trinajstić information content (AvgIpc) is 2.80. The van der Waals surface area contributed by atoms with Crippen molar-refractivity contribution in [3.05, 3.63) is 46.3 Å². The third-order valence-electron chi connectivity index (χ3n) is 3.72. The molecule has 6 heteroatoms. The summed E-state index contributed by atoms with van der Waals surface area (Å²) in [5.41, 5.74) is 3.08. The maximum atomic E-state index is 11.2. The summed E-state index contributed by atoms with van der Waals surface area (Å²) in [6, 6.07) is 3.92. The lowest BCUT2D eigenvalue weighted by atomic mass is 10.1. The predicted octanol–water partition coefficient (Wildman–Crippen LogP) is 2.99. The first kappa shape index (κ1) is 16.4. The van der Waals surface area contributed by atoms with Crippen LogP contribution in [0.3, 0.4) is 0 Å². The van der Waals surface area contributed by atoms with Crippen LogP contribution in [0, 0.1) is 18.3 Å². The van der Waals surface area contributed by atoms with Crippen molar-refractivity contribution in [2.45, 2.75) is 26.7 Å². The van der Waals surface area contributed by atoms with Crippen LogP contribution in [0.4, 0.5) is 0 Å². The summed E-state index contributed by atoms with van der Waals surface area (Å²) in [5, 5.41) is 18.2. The van der Waals surface area contributed by atoms with Gasteiger partial charge in [-0.15, -0.1) is 0 Å². The topological polar surface area (TPSA) is 91.8 Å². The molecule has 0 aliphatic rings. The van der Waals surface area contributed by atoms with Gasteiger partial charge in [0.05, 0.1) is 11.3 Å². The number of hydrogen-bond donors (Lipinski definition) is 1. The Morgan fingerprint density at radius 3 is 2.65 bits per heavy atom. The SMILES string of the molecule is Cc1c(/C=C/c2ncc(C(=O)O)c(C(C)C)n2)cc(C#N)n1C. The minimum Gasteiger partial charge on any atom is -0.478 e. The number of carboxylic acid groups (broad SMARTS) is 1. The van der Waals surface area contributed by atoms with Gasteiger partial charge in [0.25, 0.3) is 0 Å². The molecule has 2 aromatic heterocycles. The number of nitriles is 1. The van der Waals surface area contributed by atoms with Crippen LogP contribution in [0.25, 0.3) is 12.2 Å². The predicted molar refractivity (Wildman–Crippen MR) is 86.9 cm³/mol. The van der Waals surface area contributed by atoms with Crippen LogP contribution in [-0.2, 0) is 7.05 Å². The fourth-order valence-electron chi connectivity index (χ4n) is 2.26. The molecule has 2 aromatic rings. The van der Waals surface area contributed by atoms with Gasteiger partial charge in [0.2, 0.25) is 0 Å². The first-order valence-corrected chi connectivity index (χ1v) is 7.19. The Morgan fingerprint density at radius 1 is 1.43 bits per heavy atom. The molecule has 118 valence electrons. The van der Waals surface area contributed by atoms with E-state index in [1.54, 1.807) is 12.1 Å². The first-order valence-electron chi connectivity index (χ1n) is 7.19. The van der Waals surface area contributed by atoms with Crippen molar-refractivity contribution in [1.82, 2.24) is 14.5 Å². The normalized spacial score (nSPS) is 11.1. The van der Waals surface area contributed by atoms with E-state index in [2.05, 4.69) is 16.0 Å². The van der Waals surface area contributed by atoms with Crippen LogP contribution < -0.4 is 0 Å². The van der Waals surface area contributed by atoms with Crippen LogP contribution in [0.1, 0.15) is 58.6 Å². The Labute approximate surface area is 134 Å². The second-order valence-electron chi connectivity index (χ2n) is 5.56. The molecule has 0 atom stereocenters. The van der Waals surface area contributed by atoms with Crippen molar-refractivity contribution in [3.63, 3.8) is 0 Å². The minimum atomic E-state index is -1.03. The molecule has 0 saturated carbocycles. The van der Waals surface area contributed by atoms with Gasteiger partial charge < -0.3 is 9.67 Å². The van der Waals surface area contributed by atoms with E-state index in [4.69, 9.17) is 5.26 Å². The summed E-state index contributed by atoms with van der Waals surface area (Å²) in [6.45, 7) is 5.71. The first-order chi connectivity index (χ1) is 10.8. The van der Waals surface area contributed by atoms with Crippen molar-refractivity contribution in [2.75, 3.05) is 0 Å². The Balaban J connectivity index is 2.39. The maximum absolute atomic E-state index is 11.2. The van der Waals surface area contributed by atoms with Gasteiger partial charge in [-0.3, -0.25) is 0 Å². The lowest BCUT2D eigenvalue weighted by Gasteiger charge is -2.08. The van der Waals surface area contributed by atoms with Crippen molar-refractivity contribution < 1.29 is 9.90 Å². The largest absolute Gasteiger partial charge is 0.478 e. The summed E-state index contributed by atoms with van der Waals surface area (Å²) in [7, 11) is 1.83. The highest BCUT2D eigenvalue weighted by atomic mass is 16.4. The number of hydrogen-bond acceptors (Lipinski definition) is 4. The molecule has 1 N–H and O–H groups in total. The highest BCUT2D eigenvalue weighted by Gasteiger charge is 2.15. The molecule has 0 amide bonds. The summed E-state index contributed by atoms with van der Waals surface area (Å²) in [5.74, 6) is -0.595. The maximum Gasteiger partial charge on any atom is 0.339 e. The fraction of sp³-hybridized carbons (Fsp3) is 0.294. The fourth-order valence-corrected chi connectivity index (χ4v) is 2.26. The number of rotatable bonds is 4. The van der Waals surface area contributed by atoms with Gasteiger partial charge in [0, 0.05) is 18.9 Å². The molecule has 0 radical (unpaired) electrons. The van der Waals surface area contributed by atoms with E-state index < -0.39 is 5.97 Å². The summed E-state index contributed by atoms with van der Waals surface area (Å²) >= 11 is 0. The van der Waals surface area contributed by atoms with Crippen molar-refractivity contribution in [1.29, 1.82) is 5.26 Å². The summed E-state index contributed by atoms with van der Waals surface area (Å²) < 4.78 is 1.81. The van der Waals surface area contributed by atoms with Crippen molar-refractivity contribution >= 4 is 18.1 Å². The molecule has 0 bridgehead atoms. The second kappa shape index (κ2) is 6.44. The van der Waals surface area contributed by atoms with Gasteiger partial charge in [-0.05, 0) is 36.6 Å². The van der Waals surface area contributed by atoms with Crippen LogP contribution in [0.15, 0.2) is 12.3 Å². The Bertz CT molecular complexity index is 826. The number of aromatic carboxylic acids is 1. The Morgan fingerprint density at radius 2 is 2.13 bits per heavy atom. The van der Waals surface area contributed by atoms with E-state index in [0.29, 0.717) is 17.2 Å². The number of aromatic nitrogens is 3. The zero-order chi connectivity index (χ0) is 17.1. The van der Waals surface area contributed by atoms with Crippen LogP contribution in [-0.4, -0.2) is 25.6 Å². The van der Waals surface area contributed by atoms with Gasteiger partial charge in [0.15, 0.2) is 5.82 Å². The van der Waals surface area contributed by atoms with Gasteiger partial charge in [-0.2, -0.15) is 5.26 Å². The zero-order valence-electron chi connectivity index (χ0n) is 13.5. The molecule has 0 aliphatic carbocycles. The Kier molecular flexibility index (Phi) is 4.60.